The minimum absolute atomic E-state index is 0.602. The van der Waals surface area contributed by atoms with E-state index < -0.39 is 8.38 Å². The average molecular weight is 693 g/mol. The van der Waals surface area contributed by atoms with E-state index in [1.165, 1.54) is 16.3 Å². The molecule has 0 radical (unpaired) electrons. The Morgan fingerprint density at radius 1 is 0.735 bits per heavy atom. The largest absolute Gasteiger partial charge is 0.449 e. The van der Waals surface area contributed by atoms with Crippen LogP contribution in [-0.4, -0.2) is 13.8 Å². The molecule has 0 amide bonds. The number of aryl methyl sites for hydroxylation is 1. The van der Waals surface area contributed by atoms with Crippen LogP contribution in [0.3, 0.4) is 0 Å². The van der Waals surface area contributed by atoms with E-state index in [1.54, 1.807) is 25.3 Å². The van der Waals surface area contributed by atoms with Crippen molar-refractivity contribution in [2.45, 2.75) is 27.2 Å². The van der Waals surface area contributed by atoms with E-state index in [0.717, 1.165) is 29.0 Å². The molecule has 1 heterocycles. The second kappa shape index (κ2) is 21.3. The normalized spacial score (nSPS) is 16.1. The van der Waals surface area contributed by atoms with Crippen LogP contribution in [0.1, 0.15) is 30.5 Å². The molecule has 1 aliphatic carbocycles. The van der Waals surface area contributed by atoms with Crippen LogP contribution in [0.2, 0.25) is 0 Å². The molecule has 49 heavy (non-hydrogen) atoms. The van der Waals surface area contributed by atoms with Gasteiger partial charge in [0.15, 0.2) is 23.0 Å². The van der Waals surface area contributed by atoms with Gasteiger partial charge in [-0.05, 0) is 41.5 Å². The van der Waals surface area contributed by atoms with Gasteiger partial charge in [-0.3, -0.25) is 4.18 Å². The summed E-state index contributed by atoms with van der Waals surface area (Å²) in [7, 11) is 0.269. The van der Waals surface area contributed by atoms with Gasteiger partial charge in [0, 0.05) is 29.8 Å². The molecule has 4 aromatic carbocycles. The summed E-state index contributed by atoms with van der Waals surface area (Å²) < 4.78 is 29.2. The van der Waals surface area contributed by atoms with Crippen LogP contribution in [-0.2, 0) is 15.1 Å². The van der Waals surface area contributed by atoms with Crippen LogP contribution in [0.5, 0.6) is 23.0 Å². The van der Waals surface area contributed by atoms with E-state index >= 15 is 0 Å². The number of hydrogen-bond donors (Lipinski definition) is 0. The van der Waals surface area contributed by atoms with Crippen molar-refractivity contribution in [3.05, 3.63) is 181 Å². The van der Waals surface area contributed by atoms with Gasteiger partial charge in [0.1, 0.15) is 5.76 Å². The zero-order valence-corrected chi connectivity index (χ0v) is 30.6. The molecule has 0 spiro atoms. The zero-order valence-electron chi connectivity index (χ0n) is 28.9. The molecular formula is C42H45O5PS. The lowest BCUT2D eigenvalue weighted by molar-refractivity contribution is 0.387. The Kier molecular flexibility index (Phi) is 16.8. The van der Waals surface area contributed by atoms with E-state index in [9.17, 15) is 0 Å². The third-order valence-electron chi connectivity index (χ3n) is 6.89. The zero-order chi connectivity index (χ0) is 35.4. The number of hydrogen-bond acceptors (Lipinski definition) is 6. The Balaban J connectivity index is 0.000000314. The number of allylic oxidation sites excluding steroid dienone is 9. The van der Waals surface area contributed by atoms with Crippen LogP contribution < -0.4 is 13.4 Å². The van der Waals surface area contributed by atoms with Gasteiger partial charge in [0.25, 0.3) is 8.38 Å². The highest BCUT2D eigenvalue weighted by atomic mass is 32.2. The standard InChI is InChI=1S/C25H23O5PS.C11H10.C4H6.C2H6/c1-4-18-11-7-5-6-8-14-21(18)28-31(3)29-22-15-9-12-19-17-20-13-10-16-23(30-32-26-2)25(20)27-24(19)22;1-9-5-4-7-10-6-2-3-8-11(9)10;1-3-4-2;1-2/h4-16H,1,17H2,2-3H3;2-8H,1H3;3-4H,1-2H2;1-2H3/b6-5?,7-5+,8-6-,11-7?,14-8?,18-11+,21-14+,21-18?;;;. The van der Waals surface area contributed by atoms with Crippen LogP contribution in [0, 0.1) is 6.92 Å². The topological polar surface area (TPSA) is 46.2 Å². The fourth-order valence-electron chi connectivity index (χ4n) is 4.69. The summed E-state index contributed by atoms with van der Waals surface area (Å²) in [5, 5.41) is 2.68. The van der Waals surface area contributed by atoms with Gasteiger partial charge in [0.2, 0.25) is 12.3 Å². The third-order valence-corrected chi connectivity index (χ3v) is 8.18. The summed E-state index contributed by atoms with van der Waals surface area (Å²) in [4.78, 5) is 0. The maximum Gasteiger partial charge on any atom is 0.287 e. The molecule has 0 bridgehead atoms. The van der Waals surface area contributed by atoms with Gasteiger partial charge < -0.3 is 18.0 Å². The molecule has 5 nitrogen and oxygen atoms in total. The number of para-hydroxylation sites is 2. The lowest BCUT2D eigenvalue weighted by Gasteiger charge is -2.25. The highest BCUT2D eigenvalue weighted by Crippen LogP contribution is 2.50. The quantitative estimate of drug-likeness (QED) is 0.0870. The molecular weight excluding hydrogens is 647 g/mol. The molecule has 4 aromatic rings. The Hall–Kier alpha value is -4.74. The van der Waals surface area contributed by atoms with Crippen molar-refractivity contribution in [2.75, 3.05) is 13.8 Å². The second-order valence-electron chi connectivity index (χ2n) is 10.1. The molecule has 1 unspecified atom stereocenters. The van der Waals surface area contributed by atoms with Crippen molar-refractivity contribution in [1.29, 1.82) is 0 Å². The Morgan fingerprint density at radius 3 is 2.00 bits per heavy atom. The van der Waals surface area contributed by atoms with Crippen molar-refractivity contribution in [1.82, 2.24) is 0 Å². The summed E-state index contributed by atoms with van der Waals surface area (Å²) in [5.74, 6) is 3.27. The summed E-state index contributed by atoms with van der Waals surface area (Å²) >= 11 is 0.897. The lowest BCUT2D eigenvalue weighted by Crippen LogP contribution is -2.06. The van der Waals surface area contributed by atoms with Crippen molar-refractivity contribution < 1.29 is 22.2 Å². The van der Waals surface area contributed by atoms with Crippen molar-refractivity contribution >= 4 is 31.5 Å². The average Bonchev–Trinajstić information content (AvgIpc) is 3.13. The molecule has 254 valence electrons. The highest BCUT2D eigenvalue weighted by Gasteiger charge is 2.25. The third kappa shape index (κ3) is 11.4. The first kappa shape index (κ1) is 38.7. The van der Waals surface area contributed by atoms with Gasteiger partial charge >= 0.3 is 0 Å². The minimum atomic E-state index is -1.28. The van der Waals surface area contributed by atoms with Crippen LogP contribution >= 0.6 is 20.7 Å². The van der Waals surface area contributed by atoms with Crippen molar-refractivity contribution in [3.63, 3.8) is 0 Å². The summed E-state index contributed by atoms with van der Waals surface area (Å²) in [6, 6.07) is 26.5. The SMILES string of the molecule is C=CC1=C\C=C\C=C/C=C\1OP(C)Oc1cccc2c1Oc1c(cccc1OSOC)C2.C=CC=C.CC.Cc1cccc2ccccc12. The molecule has 0 saturated heterocycles. The lowest BCUT2D eigenvalue weighted by atomic mass is 10.00. The smallest absolute Gasteiger partial charge is 0.287 e. The maximum atomic E-state index is 6.28. The van der Waals surface area contributed by atoms with Crippen LogP contribution in [0.4, 0.5) is 0 Å². The summed E-state index contributed by atoms with van der Waals surface area (Å²) in [6.45, 7) is 18.7. The fraction of sp³-hybridized carbons (Fsp3) is 0.143. The molecule has 1 aliphatic heterocycles. The molecule has 0 saturated carbocycles. The van der Waals surface area contributed by atoms with E-state index in [1.807, 2.05) is 93.4 Å². The number of ether oxygens (including phenoxy) is 1. The molecule has 1 atom stereocenters. The Labute approximate surface area is 297 Å². The number of rotatable bonds is 9. The molecule has 6 rings (SSSR count). The first-order valence-electron chi connectivity index (χ1n) is 15.9. The van der Waals surface area contributed by atoms with Gasteiger partial charge in [0.05, 0.1) is 7.11 Å². The van der Waals surface area contributed by atoms with E-state index in [4.69, 9.17) is 22.2 Å². The number of benzene rings is 4. The second-order valence-corrected chi connectivity index (χ2v) is 12.0. The first-order valence-corrected chi connectivity index (χ1v) is 18.2. The predicted octanol–water partition coefficient (Wildman–Crippen LogP) is 13.0. The minimum Gasteiger partial charge on any atom is -0.449 e. The van der Waals surface area contributed by atoms with E-state index in [0.29, 0.717) is 35.2 Å². The van der Waals surface area contributed by atoms with Gasteiger partial charge in [-0.2, -0.15) is 0 Å². The molecule has 0 aromatic heterocycles. The Bertz CT molecular complexity index is 1810. The van der Waals surface area contributed by atoms with Crippen LogP contribution in [0.25, 0.3) is 10.8 Å². The van der Waals surface area contributed by atoms with Crippen LogP contribution in [0.15, 0.2) is 165 Å². The summed E-state index contributed by atoms with van der Waals surface area (Å²) in [6.07, 6.45) is 17.4. The monoisotopic (exact) mass is 692 g/mol. The number of fused-ring (bicyclic) bond motifs is 3. The molecule has 0 fully saturated rings. The van der Waals surface area contributed by atoms with Crippen molar-refractivity contribution in [3.8, 4) is 23.0 Å². The Morgan fingerprint density at radius 2 is 1.35 bits per heavy atom. The highest BCUT2D eigenvalue weighted by molar-refractivity contribution is 7.90. The molecule has 0 N–H and O–H groups in total. The predicted molar refractivity (Wildman–Crippen MR) is 211 cm³/mol. The van der Waals surface area contributed by atoms with E-state index in [-0.39, 0.29) is 0 Å². The maximum absolute atomic E-state index is 6.28. The van der Waals surface area contributed by atoms with Gasteiger partial charge in [-0.25, -0.2) is 0 Å². The summed E-state index contributed by atoms with van der Waals surface area (Å²) in [5.41, 5.74) is 4.32. The fourth-order valence-corrected chi connectivity index (χ4v) is 5.87. The van der Waals surface area contributed by atoms with E-state index in [2.05, 4.69) is 69.1 Å². The molecule has 7 heteroatoms. The van der Waals surface area contributed by atoms with Crippen molar-refractivity contribution in [2.24, 2.45) is 0 Å². The first-order chi connectivity index (χ1) is 24.0. The molecule has 2 aliphatic rings. The van der Waals surface area contributed by atoms with Gasteiger partial charge in [-0.15, -0.1) is 0 Å². The van der Waals surface area contributed by atoms with Gasteiger partial charge in [-0.1, -0.05) is 149 Å².